The second-order valence-corrected chi connectivity index (χ2v) is 5.43. The van der Waals surface area contributed by atoms with E-state index in [0.717, 1.165) is 24.8 Å². The lowest BCUT2D eigenvalue weighted by Gasteiger charge is -2.32. The largest absolute Gasteiger partial charge is 0.496 e. The third kappa shape index (κ3) is 2.68. The van der Waals surface area contributed by atoms with E-state index in [4.69, 9.17) is 10.5 Å². The summed E-state index contributed by atoms with van der Waals surface area (Å²) in [6, 6.07) is 8.58. The van der Waals surface area contributed by atoms with Crippen molar-refractivity contribution in [2.24, 2.45) is 11.7 Å². The van der Waals surface area contributed by atoms with Crippen molar-refractivity contribution in [2.75, 3.05) is 20.2 Å². The molecular weight excluding hydrogens is 224 g/mol. The molecule has 0 saturated carbocycles. The molecule has 0 bridgehead atoms. The molecule has 3 heteroatoms. The van der Waals surface area contributed by atoms with Gasteiger partial charge in [-0.25, -0.2) is 0 Å². The zero-order valence-corrected chi connectivity index (χ0v) is 11.6. The predicted molar refractivity (Wildman–Crippen MR) is 74.7 cm³/mol. The van der Waals surface area contributed by atoms with Gasteiger partial charge in [0.25, 0.3) is 0 Å². The Bertz CT molecular complexity index is 392. The van der Waals surface area contributed by atoms with E-state index in [1.807, 2.05) is 12.1 Å². The molecule has 100 valence electrons. The fourth-order valence-electron chi connectivity index (χ4n) is 2.94. The zero-order valence-electron chi connectivity index (χ0n) is 11.6. The minimum absolute atomic E-state index is 0.103. The van der Waals surface area contributed by atoms with E-state index in [-0.39, 0.29) is 12.1 Å². The van der Waals surface area contributed by atoms with Gasteiger partial charge in [-0.2, -0.15) is 0 Å². The van der Waals surface area contributed by atoms with Crippen LogP contribution in [0.4, 0.5) is 0 Å². The first-order chi connectivity index (χ1) is 8.63. The molecule has 0 aliphatic carbocycles. The molecule has 2 rings (SSSR count). The molecule has 0 amide bonds. The van der Waals surface area contributed by atoms with E-state index in [2.05, 4.69) is 30.9 Å². The van der Waals surface area contributed by atoms with Crippen LogP contribution in [0.1, 0.15) is 31.9 Å². The summed E-state index contributed by atoms with van der Waals surface area (Å²) in [6.07, 6.45) is 1.26. The summed E-state index contributed by atoms with van der Waals surface area (Å²) >= 11 is 0. The molecule has 1 aliphatic heterocycles. The first kappa shape index (κ1) is 13.4. The summed E-state index contributed by atoms with van der Waals surface area (Å²) < 4.78 is 5.48. The van der Waals surface area contributed by atoms with E-state index in [1.165, 1.54) is 12.0 Å². The number of rotatable bonds is 4. The maximum atomic E-state index is 6.22. The minimum Gasteiger partial charge on any atom is -0.496 e. The molecule has 1 heterocycles. The smallest absolute Gasteiger partial charge is 0.123 e. The lowest BCUT2D eigenvalue weighted by atomic mass is 9.98. The predicted octanol–water partition coefficient (Wildman–Crippen LogP) is 2.43. The van der Waals surface area contributed by atoms with Crippen LogP contribution in [0, 0.1) is 5.92 Å². The van der Waals surface area contributed by atoms with Gasteiger partial charge in [-0.1, -0.05) is 25.1 Å². The molecule has 0 spiro atoms. The summed E-state index contributed by atoms with van der Waals surface area (Å²) in [5.74, 6) is 1.71. The number of methoxy groups -OCH3 is 1. The SMILES string of the molecule is COc1ccccc1C(C(C)N)N1CCC(C)C1. The number of likely N-dealkylation sites (tertiary alicyclic amines) is 1. The standard InChI is InChI=1S/C15H24N2O/c1-11-8-9-17(10-11)15(12(2)16)13-6-4-5-7-14(13)18-3/h4-7,11-12,15H,8-10,16H2,1-3H3. The Morgan fingerprint density at radius 2 is 2.11 bits per heavy atom. The van der Waals surface area contributed by atoms with Crippen LogP contribution in [0.3, 0.4) is 0 Å². The number of hydrogen-bond acceptors (Lipinski definition) is 3. The number of hydrogen-bond donors (Lipinski definition) is 1. The third-order valence-corrected chi connectivity index (χ3v) is 3.80. The van der Waals surface area contributed by atoms with Gasteiger partial charge in [0, 0.05) is 18.2 Å². The van der Waals surface area contributed by atoms with Crippen molar-refractivity contribution in [2.45, 2.75) is 32.4 Å². The number of nitrogens with two attached hydrogens (primary N) is 1. The van der Waals surface area contributed by atoms with Gasteiger partial charge in [-0.15, -0.1) is 0 Å². The second-order valence-electron chi connectivity index (χ2n) is 5.43. The number of benzene rings is 1. The molecule has 1 aromatic rings. The lowest BCUT2D eigenvalue weighted by Crippen LogP contribution is -2.38. The molecule has 0 aromatic heterocycles. The summed E-state index contributed by atoms with van der Waals surface area (Å²) in [7, 11) is 1.73. The fourth-order valence-corrected chi connectivity index (χ4v) is 2.94. The van der Waals surface area contributed by atoms with Crippen LogP contribution in [0.2, 0.25) is 0 Å². The molecule has 1 aliphatic rings. The highest BCUT2D eigenvalue weighted by atomic mass is 16.5. The molecular formula is C15H24N2O. The van der Waals surface area contributed by atoms with Crippen molar-refractivity contribution in [1.82, 2.24) is 4.90 Å². The summed E-state index contributed by atoms with van der Waals surface area (Å²) in [5, 5.41) is 0. The van der Waals surface area contributed by atoms with E-state index in [9.17, 15) is 0 Å². The number of para-hydroxylation sites is 1. The highest BCUT2D eigenvalue weighted by Crippen LogP contribution is 2.34. The van der Waals surface area contributed by atoms with Crippen molar-refractivity contribution in [3.8, 4) is 5.75 Å². The van der Waals surface area contributed by atoms with Gasteiger partial charge < -0.3 is 10.5 Å². The first-order valence-electron chi connectivity index (χ1n) is 6.76. The van der Waals surface area contributed by atoms with Gasteiger partial charge >= 0.3 is 0 Å². The van der Waals surface area contributed by atoms with Crippen molar-refractivity contribution in [1.29, 1.82) is 0 Å². The van der Waals surface area contributed by atoms with Crippen molar-refractivity contribution < 1.29 is 4.74 Å². The quantitative estimate of drug-likeness (QED) is 0.889. The van der Waals surface area contributed by atoms with Crippen LogP contribution >= 0.6 is 0 Å². The summed E-state index contributed by atoms with van der Waals surface area (Å²) in [4.78, 5) is 2.49. The molecule has 2 N–H and O–H groups in total. The molecule has 3 nitrogen and oxygen atoms in total. The monoisotopic (exact) mass is 248 g/mol. The van der Waals surface area contributed by atoms with Gasteiger partial charge in [0.15, 0.2) is 0 Å². The van der Waals surface area contributed by atoms with Crippen LogP contribution in [-0.2, 0) is 0 Å². The van der Waals surface area contributed by atoms with Crippen LogP contribution in [-0.4, -0.2) is 31.1 Å². The molecule has 1 saturated heterocycles. The lowest BCUT2D eigenvalue weighted by molar-refractivity contribution is 0.208. The van der Waals surface area contributed by atoms with Gasteiger partial charge in [0.05, 0.1) is 13.2 Å². The van der Waals surface area contributed by atoms with E-state index in [0.29, 0.717) is 0 Å². The van der Waals surface area contributed by atoms with E-state index in [1.54, 1.807) is 7.11 Å². The summed E-state index contributed by atoms with van der Waals surface area (Å²) in [6.45, 7) is 6.65. The Balaban J connectivity index is 2.29. The van der Waals surface area contributed by atoms with Crippen LogP contribution in [0.5, 0.6) is 5.75 Å². The molecule has 18 heavy (non-hydrogen) atoms. The Morgan fingerprint density at radius 3 is 2.67 bits per heavy atom. The third-order valence-electron chi connectivity index (χ3n) is 3.80. The fraction of sp³-hybridized carbons (Fsp3) is 0.600. The second kappa shape index (κ2) is 5.72. The van der Waals surface area contributed by atoms with Gasteiger partial charge in [0.2, 0.25) is 0 Å². The maximum Gasteiger partial charge on any atom is 0.123 e. The van der Waals surface area contributed by atoms with Crippen LogP contribution in [0.15, 0.2) is 24.3 Å². The van der Waals surface area contributed by atoms with Crippen LogP contribution in [0.25, 0.3) is 0 Å². The molecule has 3 atom stereocenters. The first-order valence-corrected chi connectivity index (χ1v) is 6.76. The Labute approximate surface area is 110 Å². The normalized spacial score (nSPS) is 23.9. The topological polar surface area (TPSA) is 38.5 Å². The Kier molecular flexibility index (Phi) is 4.25. The summed E-state index contributed by atoms with van der Waals surface area (Å²) in [5.41, 5.74) is 7.43. The molecule has 1 fully saturated rings. The molecule has 3 unspecified atom stereocenters. The highest BCUT2D eigenvalue weighted by Gasteiger charge is 2.30. The van der Waals surface area contributed by atoms with Crippen molar-refractivity contribution >= 4 is 0 Å². The highest BCUT2D eigenvalue weighted by molar-refractivity contribution is 5.36. The average Bonchev–Trinajstić information content (AvgIpc) is 2.76. The number of ether oxygens (including phenoxy) is 1. The molecule has 0 radical (unpaired) electrons. The molecule has 1 aromatic carbocycles. The average molecular weight is 248 g/mol. The van der Waals surface area contributed by atoms with Crippen LogP contribution < -0.4 is 10.5 Å². The van der Waals surface area contributed by atoms with E-state index < -0.39 is 0 Å². The van der Waals surface area contributed by atoms with Crippen molar-refractivity contribution in [3.63, 3.8) is 0 Å². The zero-order chi connectivity index (χ0) is 13.1. The number of nitrogens with zero attached hydrogens (tertiary/aromatic N) is 1. The minimum atomic E-state index is 0.103. The van der Waals surface area contributed by atoms with Gasteiger partial charge in [0.1, 0.15) is 5.75 Å². The maximum absolute atomic E-state index is 6.22. The van der Waals surface area contributed by atoms with Gasteiger partial charge in [-0.3, -0.25) is 4.90 Å². The Morgan fingerprint density at radius 1 is 1.39 bits per heavy atom. The van der Waals surface area contributed by atoms with Gasteiger partial charge in [-0.05, 0) is 31.9 Å². The van der Waals surface area contributed by atoms with E-state index >= 15 is 0 Å². The van der Waals surface area contributed by atoms with Crippen molar-refractivity contribution in [3.05, 3.63) is 29.8 Å². The Hall–Kier alpha value is -1.06.